The molecule has 0 saturated carbocycles. The standard InChI is InChI=1S/C12H12F6O/c1-3-10(2,19)7-4-8(11(13,14)15)6-9(5-7)12(16,17)18/h4-6,19H,3H2,1-2H3. The molecule has 0 heterocycles. The van der Waals surface area contributed by atoms with Gasteiger partial charge < -0.3 is 5.11 Å². The molecule has 1 unspecified atom stereocenters. The number of halogens is 6. The molecule has 1 rings (SSSR count). The van der Waals surface area contributed by atoms with Gasteiger partial charge in [0.15, 0.2) is 0 Å². The molecule has 0 aromatic heterocycles. The maximum absolute atomic E-state index is 12.6. The van der Waals surface area contributed by atoms with Crippen LogP contribution in [-0.2, 0) is 18.0 Å². The van der Waals surface area contributed by atoms with Crippen LogP contribution in [0.25, 0.3) is 0 Å². The van der Waals surface area contributed by atoms with Gasteiger partial charge in [0.2, 0.25) is 0 Å². The quantitative estimate of drug-likeness (QED) is 0.802. The molecule has 1 aromatic rings. The summed E-state index contributed by atoms with van der Waals surface area (Å²) in [5.41, 5.74) is -5.00. The van der Waals surface area contributed by atoms with E-state index in [1.54, 1.807) is 0 Å². The van der Waals surface area contributed by atoms with Gasteiger partial charge in [-0.1, -0.05) is 6.92 Å². The maximum Gasteiger partial charge on any atom is 0.416 e. The zero-order valence-electron chi connectivity index (χ0n) is 10.2. The van der Waals surface area contributed by atoms with Gasteiger partial charge in [-0.25, -0.2) is 0 Å². The molecule has 1 nitrogen and oxygen atoms in total. The molecule has 0 bridgehead atoms. The second kappa shape index (κ2) is 4.70. The Balaban J connectivity index is 3.51. The highest BCUT2D eigenvalue weighted by Gasteiger charge is 2.38. The molecule has 1 N–H and O–H groups in total. The van der Waals surface area contributed by atoms with Gasteiger partial charge in [0.1, 0.15) is 0 Å². The van der Waals surface area contributed by atoms with Crippen LogP contribution < -0.4 is 0 Å². The highest BCUT2D eigenvalue weighted by molar-refractivity contribution is 5.36. The number of hydrogen-bond acceptors (Lipinski definition) is 1. The van der Waals surface area contributed by atoms with Crippen molar-refractivity contribution in [1.82, 2.24) is 0 Å². The molecule has 0 saturated heterocycles. The van der Waals surface area contributed by atoms with Crippen LogP contribution in [0.5, 0.6) is 0 Å². The molecule has 0 aliphatic rings. The summed E-state index contributed by atoms with van der Waals surface area (Å²) in [5, 5.41) is 9.84. The first kappa shape index (κ1) is 15.8. The van der Waals surface area contributed by atoms with Crippen molar-refractivity contribution in [2.24, 2.45) is 0 Å². The third-order valence-electron chi connectivity index (χ3n) is 2.90. The van der Waals surface area contributed by atoms with E-state index in [9.17, 15) is 31.4 Å². The lowest BCUT2D eigenvalue weighted by Gasteiger charge is -2.24. The van der Waals surface area contributed by atoms with Gasteiger partial charge in [-0.15, -0.1) is 0 Å². The van der Waals surface area contributed by atoms with E-state index in [4.69, 9.17) is 0 Å². The van der Waals surface area contributed by atoms with Crippen molar-refractivity contribution in [2.45, 2.75) is 38.2 Å². The van der Waals surface area contributed by atoms with Gasteiger partial charge in [-0.3, -0.25) is 0 Å². The van der Waals surface area contributed by atoms with Crippen molar-refractivity contribution in [3.05, 3.63) is 34.9 Å². The third-order valence-corrected chi connectivity index (χ3v) is 2.90. The monoisotopic (exact) mass is 286 g/mol. The highest BCUT2D eigenvalue weighted by atomic mass is 19.4. The van der Waals surface area contributed by atoms with E-state index in [0.717, 1.165) is 0 Å². The van der Waals surface area contributed by atoms with Crippen molar-refractivity contribution in [3.8, 4) is 0 Å². The Morgan fingerprint density at radius 3 is 1.42 bits per heavy atom. The van der Waals surface area contributed by atoms with E-state index < -0.39 is 34.6 Å². The number of aliphatic hydroxyl groups is 1. The predicted molar refractivity (Wildman–Crippen MR) is 56.3 cm³/mol. The van der Waals surface area contributed by atoms with E-state index in [2.05, 4.69) is 0 Å². The van der Waals surface area contributed by atoms with E-state index in [0.29, 0.717) is 12.1 Å². The molecule has 108 valence electrons. The summed E-state index contributed by atoms with van der Waals surface area (Å²) in [7, 11) is 0. The SMILES string of the molecule is CCC(C)(O)c1cc(C(F)(F)F)cc(C(F)(F)F)c1. The molecule has 7 heteroatoms. The molecular formula is C12H12F6O. The smallest absolute Gasteiger partial charge is 0.385 e. The summed E-state index contributed by atoms with van der Waals surface area (Å²) in [4.78, 5) is 0. The molecule has 0 fully saturated rings. The summed E-state index contributed by atoms with van der Waals surface area (Å²) in [6.07, 6.45) is -9.81. The highest BCUT2D eigenvalue weighted by Crippen LogP contribution is 2.38. The zero-order valence-corrected chi connectivity index (χ0v) is 10.2. The molecular weight excluding hydrogens is 274 g/mol. The Labute approximate surface area is 105 Å². The molecule has 1 aromatic carbocycles. The molecule has 0 amide bonds. The Morgan fingerprint density at radius 2 is 1.16 bits per heavy atom. The van der Waals surface area contributed by atoms with Crippen LogP contribution in [0.2, 0.25) is 0 Å². The minimum absolute atomic E-state index is 0.00833. The fourth-order valence-electron chi connectivity index (χ4n) is 1.47. The first-order valence-electron chi connectivity index (χ1n) is 5.40. The Hall–Kier alpha value is -1.24. The summed E-state index contributed by atoms with van der Waals surface area (Å²) < 4.78 is 75.5. The summed E-state index contributed by atoms with van der Waals surface area (Å²) >= 11 is 0. The van der Waals surface area contributed by atoms with Crippen molar-refractivity contribution in [3.63, 3.8) is 0 Å². The fraction of sp³-hybridized carbons (Fsp3) is 0.500. The number of rotatable bonds is 2. The Kier molecular flexibility index (Phi) is 3.91. The summed E-state index contributed by atoms with van der Waals surface area (Å²) in [6, 6.07) is 1.12. The van der Waals surface area contributed by atoms with Crippen LogP contribution in [0.3, 0.4) is 0 Å². The second-order valence-electron chi connectivity index (χ2n) is 4.42. The minimum Gasteiger partial charge on any atom is -0.385 e. The van der Waals surface area contributed by atoms with Gasteiger partial charge >= 0.3 is 12.4 Å². The topological polar surface area (TPSA) is 20.2 Å². The Morgan fingerprint density at radius 1 is 0.842 bits per heavy atom. The molecule has 19 heavy (non-hydrogen) atoms. The van der Waals surface area contributed by atoms with Gasteiger partial charge in [-0.2, -0.15) is 26.3 Å². The van der Waals surface area contributed by atoms with Gasteiger partial charge in [0.25, 0.3) is 0 Å². The minimum atomic E-state index is -4.90. The normalized spacial score (nSPS) is 16.3. The van der Waals surface area contributed by atoms with E-state index in [-0.39, 0.29) is 12.5 Å². The first-order chi connectivity index (χ1) is 8.38. The number of alkyl halides is 6. The maximum atomic E-state index is 12.6. The van der Waals surface area contributed by atoms with Gasteiger partial charge in [0.05, 0.1) is 16.7 Å². The Bertz CT molecular complexity index is 426. The van der Waals surface area contributed by atoms with Crippen molar-refractivity contribution in [2.75, 3.05) is 0 Å². The van der Waals surface area contributed by atoms with E-state index in [1.807, 2.05) is 0 Å². The summed E-state index contributed by atoms with van der Waals surface area (Å²) in [5.74, 6) is 0. The van der Waals surface area contributed by atoms with Crippen molar-refractivity contribution < 1.29 is 31.4 Å². The van der Waals surface area contributed by atoms with Gasteiger partial charge in [0, 0.05) is 0 Å². The lowest BCUT2D eigenvalue weighted by molar-refractivity contribution is -0.143. The predicted octanol–water partition coefficient (Wildman–Crippen LogP) is 4.34. The molecule has 0 spiro atoms. The lowest BCUT2D eigenvalue weighted by Crippen LogP contribution is -2.22. The van der Waals surface area contributed by atoms with E-state index >= 15 is 0 Å². The average molecular weight is 286 g/mol. The van der Waals surface area contributed by atoms with Crippen LogP contribution in [-0.4, -0.2) is 5.11 Å². The van der Waals surface area contributed by atoms with Crippen molar-refractivity contribution in [1.29, 1.82) is 0 Å². The largest absolute Gasteiger partial charge is 0.416 e. The van der Waals surface area contributed by atoms with Crippen LogP contribution in [0, 0.1) is 0 Å². The van der Waals surface area contributed by atoms with Crippen LogP contribution in [0.15, 0.2) is 18.2 Å². The fourth-order valence-corrected chi connectivity index (χ4v) is 1.47. The first-order valence-corrected chi connectivity index (χ1v) is 5.40. The second-order valence-corrected chi connectivity index (χ2v) is 4.42. The van der Waals surface area contributed by atoms with Crippen LogP contribution in [0.4, 0.5) is 26.3 Å². The summed E-state index contributed by atoms with van der Waals surface area (Å²) in [6.45, 7) is 2.64. The van der Waals surface area contributed by atoms with E-state index in [1.165, 1.54) is 13.8 Å². The molecule has 0 radical (unpaired) electrons. The van der Waals surface area contributed by atoms with Gasteiger partial charge in [-0.05, 0) is 37.1 Å². The third kappa shape index (κ3) is 3.62. The number of hydrogen-bond donors (Lipinski definition) is 1. The average Bonchev–Trinajstić information content (AvgIpc) is 2.26. The zero-order chi connectivity index (χ0) is 15.1. The molecule has 0 aliphatic carbocycles. The van der Waals surface area contributed by atoms with Crippen LogP contribution >= 0.6 is 0 Å². The molecule has 1 atom stereocenters. The molecule has 0 aliphatic heterocycles. The number of benzene rings is 1. The lowest BCUT2D eigenvalue weighted by atomic mass is 9.90. The van der Waals surface area contributed by atoms with Crippen LogP contribution in [0.1, 0.15) is 37.0 Å². The van der Waals surface area contributed by atoms with Crippen molar-refractivity contribution >= 4 is 0 Å².